The number of benzene rings is 1. The first-order valence-corrected chi connectivity index (χ1v) is 8.13. The van der Waals surface area contributed by atoms with E-state index in [2.05, 4.69) is 10.4 Å². The van der Waals surface area contributed by atoms with Crippen LogP contribution in [0.5, 0.6) is 17.2 Å². The highest BCUT2D eigenvalue weighted by Gasteiger charge is 2.47. The fourth-order valence-electron chi connectivity index (χ4n) is 3.23. The fourth-order valence-corrected chi connectivity index (χ4v) is 3.23. The van der Waals surface area contributed by atoms with Crippen molar-refractivity contribution in [2.24, 2.45) is 0 Å². The molecule has 2 aromatic rings. The lowest BCUT2D eigenvalue weighted by Gasteiger charge is -2.34. The summed E-state index contributed by atoms with van der Waals surface area (Å²) in [5, 5.41) is 17.7. The molecule has 1 N–H and O–H groups in total. The molecule has 1 aromatic heterocycles. The van der Waals surface area contributed by atoms with Crippen molar-refractivity contribution in [3.05, 3.63) is 29.5 Å². The molecule has 0 radical (unpaired) electrons. The number of fused-ring (bicyclic) bond motifs is 1. The summed E-state index contributed by atoms with van der Waals surface area (Å²) in [7, 11) is 4.18. The van der Waals surface area contributed by atoms with Gasteiger partial charge in [-0.25, -0.2) is 4.68 Å². The molecule has 0 amide bonds. The Bertz CT molecular complexity index is 872. The van der Waals surface area contributed by atoms with Gasteiger partial charge in [0.05, 0.1) is 45.1 Å². The first kappa shape index (κ1) is 19.6. The maximum absolute atomic E-state index is 13.6. The standard InChI is InChI=1S/C17H18F3N3O5/c1-26-11-4-8(5-12(27-2)14(11)28-3)10-6-13(17(18,19)20)23-15(22-10)9(7-21-23)16(24)25/h4-5,7,10,13,22H,6H2,1-3H3,(H,24,25)/p-1. The van der Waals surface area contributed by atoms with E-state index < -0.39 is 36.2 Å². The van der Waals surface area contributed by atoms with Gasteiger partial charge in [0.1, 0.15) is 5.82 Å². The lowest BCUT2D eigenvalue weighted by molar-refractivity contribution is -0.255. The first-order valence-electron chi connectivity index (χ1n) is 8.13. The second-order valence-electron chi connectivity index (χ2n) is 6.09. The predicted octanol–water partition coefficient (Wildman–Crippen LogP) is 1.93. The van der Waals surface area contributed by atoms with E-state index in [1.807, 2.05) is 0 Å². The molecule has 2 unspecified atom stereocenters. The molecule has 8 nitrogen and oxygen atoms in total. The van der Waals surface area contributed by atoms with Crippen molar-refractivity contribution < 1.29 is 37.3 Å². The van der Waals surface area contributed by atoms with Gasteiger partial charge in [-0.1, -0.05) is 0 Å². The first-order chi connectivity index (χ1) is 13.2. The number of aromatic nitrogens is 2. The summed E-state index contributed by atoms with van der Waals surface area (Å²) >= 11 is 0. The van der Waals surface area contributed by atoms with Crippen molar-refractivity contribution >= 4 is 11.8 Å². The van der Waals surface area contributed by atoms with Crippen LogP contribution in [0.4, 0.5) is 19.0 Å². The van der Waals surface area contributed by atoms with E-state index in [9.17, 15) is 23.1 Å². The zero-order chi connectivity index (χ0) is 20.6. The van der Waals surface area contributed by atoms with Gasteiger partial charge in [-0.05, 0) is 17.7 Å². The number of nitrogens with zero attached hydrogens (tertiary/aromatic N) is 2. The number of carbonyl (C=O) groups excluding carboxylic acids is 1. The third-order valence-corrected chi connectivity index (χ3v) is 4.55. The number of hydrogen-bond donors (Lipinski definition) is 1. The van der Waals surface area contributed by atoms with Crippen LogP contribution in [0.2, 0.25) is 0 Å². The van der Waals surface area contributed by atoms with Crippen LogP contribution in [-0.2, 0) is 0 Å². The summed E-state index contributed by atoms with van der Waals surface area (Å²) in [4.78, 5) is 11.3. The van der Waals surface area contributed by atoms with Gasteiger partial charge in [0.15, 0.2) is 17.5 Å². The fraction of sp³-hybridized carbons (Fsp3) is 0.412. The number of anilines is 1. The molecule has 1 aliphatic heterocycles. The summed E-state index contributed by atoms with van der Waals surface area (Å²) < 4.78 is 57.2. The van der Waals surface area contributed by atoms with Crippen molar-refractivity contribution in [2.75, 3.05) is 26.6 Å². The van der Waals surface area contributed by atoms with Crippen LogP contribution in [0, 0.1) is 0 Å². The number of alkyl halides is 3. The van der Waals surface area contributed by atoms with Gasteiger partial charge >= 0.3 is 6.18 Å². The molecule has 0 spiro atoms. The lowest BCUT2D eigenvalue weighted by Crippen LogP contribution is -2.36. The van der Waals surface area contributed by atoms with Crippen LogP contribution in [0.3, 0.4) is 0 Å². The van der Waals surface area contributed by atoms with Crippen molar-refractivity contribution in [1.82, 2.24) is 9.78 Å². The number of carbonyl (C=O) groups is 1. The molecule has 11 heteroatoms. The Balaban J connectivity index is 2.11. The van der Waals surface area contributed by atoms with E-state index in [4.69, 9.17) is 14.2 Å². The van der Waals surface area contributed by atoms with Gasteiger partial charge in [-0.2, -0.15) is 18.3 Å². The molecule has 0 aliphatic carbocycles. The highest BCUT2D eigenvalue weighted by Crippen LogP contribution is 2.47. The van der Waals surface area contributed by atoms with Crippen molar-refractivity contribution in [3.8, 4) is 17.2 Å². The number of ether oxygens (including phenoxy) is 3. The molecule has 152 valence electrons. The maximum atomic E-state index is 13.6. The number of nitrogens with one attached hydrogen (secondary N) is 1. The Morgan fingerprint density at radius 1 is 1.21 bits per heavy atom. The van der Waals surface area contributed by atoms with Crippen LogP contribution in [0.25, 0.3) is 0 Å². The van der Waals surface area contributed by atoms with Crippen LogP contribution < -0.4 is 24.6 Å². The minimum atomic E-state index is -4.63. The van der Waals surface area contributed by atoms with E-state index in [0.717, 1.165) is 6.20 Å². The third-order valence-electron chi connectivity index (χ3n) is 4.55. The number of rotatable bonds is 5. The summed E-state index contributed by atoms with van der Waals surface area (Å²) in [5.41, 5.74) is -0.0492. The number of methoxy groups -OCH3 is 3. The molecular weight excluding hydrogens is 383 g/mol. The Hall–Kier alpha value is -3.11. The van der Waals surface area contributed by atoms with Crippen LogP contribution in [0.15, 0.2) is 18.3 Å². The van der Waals surface area contributed by atoms with E-state index in [1.165, 1.54) is 33.5 Å². The topological polar surface area (TPSA) is 97.7 Å². The molecule has 0 fully saturated rings. The van der Waals surface area contributed by atoms with Crippen molar-refractivity contribution in [3.63, 3.8) is 0 Å². The molecule has 2 heterocycles. The molecular formula is C17H17F3N3O5-. The van der Waals surface area contributed by atoms with E-state index in [-0.39, 0.29) is 23.1 Å². The summed E-state index contributed by atoms with van der Waals surface area (Å²) in [6.07, 6.45) is -4.21. The minimum absolute atomic E-state index is 0.265. The lowest BCUT2D eigenvalue weighted by atomic mass is 9.96. The highest BCUT2D eigenvalue weighted by molar-refractivity contribution is 5.91. The predicted molar refractivity (Wildman–Crippen MR) is 88.7 cm³/mol. The Morgan fingerprint density at radius 3 is 2.29 bits per heavy atom. The second-order valence-corrected chi connectivity index (χ2v) is 6.09. The quantitative estimate of drug-likeness (QED) is 0.819. The monoisotopic (exact) mass is 400 g/mol. The van der Waals surface area contributed by atoms with E-state index >= 15 is 0 Å². The zero-order valence-corrected chi connectivity index (χ0v) is 15.2. The molecule has 3 rings (SSSR count). The smallest absolute Gasteiger partial charge is 0.410 e. The van der Waals surface area contributed by atoms with Gasteiger partial charge in [-0.3, -0.25) is 0 Å². The molecule has 1 aromatic carbocycles. The Kier molecular flexibility index (Phi) is 5.01. The number of halogens is 3. The molecule has 0 saturated heterocycles. The second kappa shape index (κ2) is 7.13. The molecule has 0 saturated carbocycles. The largest absolute Gasteiger partial charge is 0.545 e. The molecule has 28 heavy (non-hydrogen) atoms. The van der Waals surface area contributed by atoms with Crippen LogP contribution in [-0.4, -0.2) is 43.3 Å². The number of hydrogen-bond acceptors (Lipinski definition) is 7. The Morgan fingerprint density at radius 2 is 1.82 bits per heavy atom. The van der Waals surface area contributed by atoms with E-state index in [1.54, 1.807) is 0 Å². The normalized spacial score (nSPS) is 18.8. The van der Waals surface area contributed by atoms with Gasteiger partial charge < -0.3 is 29.4 Å². The summed E-state index contributed by atoms with van der Waals surface area (Å²) in [6.45, 7) is 0. The van der Waals surface area contributed by atoms with Crippen molar-refractivity contribution in [1.29, 1.82) is 0 Å². The average Bonchev–Trinajstić information content (AvgIpc) is 3.09. The van der Waals surface area contributed by atoms with Gasteiger partial charge in [0.2, 0.25) is 5.75 Å². The zero-order valence-electron chi connectivity index (χ0n) is 15.2. The van der Waals surface area contributed by atoms with Crippen LogP contribution in [0.1, 0.15) is 34.4 Å². The van der Waals surface area contributed by atoms with Gasteiger partial charge in [-0.15, -0.1) is 0 Å². The number of aromatic carboxylic acids is 1. The Labute approximate surface area is 157 Å². The van der Waals surface area contributed by atoms with E-state index in [0.29, 0.717) is 10.2 Å². The highest BCUT2D eigenvalue weighted by atomic mass is 19.4. The average molecular weight is 400 g/mol. The SMILES string of the molecule is COc1cc(C2CC(C(F)(F)F)n3ncc(C(=O)[O-])c3N2)cc(OC)c1OC. The maximum Gasteiger partial charge on any atom is 0.410 e. The number of carboxylic acid groups (broad SMARTS) is 1. The summed E-state index contributed by atoms with van der Waals surface area (Å²) in [5.74, 6) is -1.08. The van der Waals surface area contributed by atoms with Crippen molar-refractivity contribution in [2.45, 2.75) is 24.7 Å². The minimum Gasteiger partial charge on any atom is -0.545 e. The molecule has 1 aliphatic rings. The third kappa shape index (κ3) is 3.27. The van der Waals surface area contributed by atoms with Gasteiger partial charge in [0, 0.05) is 6.42 Å². The van der Waals surface area contributed by atoms with Crippen LogP contribution >= 0.6 is 0 Å². The van der Waals surface area contributed by atoms with Gasteiger partial charge in [0.25, 0.3) is 0 Å². The molecule has 0 bridgehead atoms. The number of carboxylic acids is 1. The summed E-state index contributed by atoms with van der Waals surface area (Å²) in [6, 6.07) is 0.123. The molecule has 2 atom stereocenters.